The number of nitrogens with one attached hydrogen (secondary N) is 1. The second-order valence-corrected chi connectivity index (χ2v) is 7.47. The Balaban J connectivity index is 1.66. The fourth-order valence-electron chi connectivity index (χ4n) is 4.04. The van der Waals surface area contributed by atoms with E-state index >= 15 is 0 Å². The minimum absolute atomic E-state index is 0.141. The van der Waals surface area contributed by atoms with Gasteiger partial charge in [0.15, 0.2) is 11.2 Å². The van der Waals surface area contributed by atoms with Crippen molar-refractivity contribution in [2.24, 2.45) is 14.1 Å². The fourth-order valence-corrected chi connectivity index (χ4v) is 4.04. The Bertz CT molecular complexity index is 1220. The molecule has 0 spiro atoms. The van der Waals surface area contributed by atoms with Gasteiger partial charge in [-0.2, -0.15) is 5.10 Å². The third kappa shape index (κ3) is 3.15. The largest absolute Gasteiger partial charge is 0.345 e. The molecule has 156 valence electrons. The van der Waals surface area contributed by atoms with Crippen LogP contribution in [0.5, 0.6) is 0 Å². The number of aryl methyl sites for hydroxylation is 3. The lowest BCUT2D eigenvalue weighted by Crippen LogP contribution is -2.37. The van der Waals surface area contributed by atoms with Gasteiger partial charge in [0, 0.05) is 39.6 Å². The maximum atomic E-state index is 12.8. The molecule has 1 atom stereocenters. The normalized spacial score (nSPS) is 17.3. The summed E-state index contributed by atoms with van der Waals surface area (Å²) in [6, 6.07) is 0. The van der Waals surface area contributed by atoms with Crippen LogP contribution in [0, 0.1) is 0 Å². The first-order valence-electron chi connectivity index (χ1n) is 9.93. The van der Waals surface area contributed by atoms with Gasteiger partial charge in [0.2, 0.25) is 0 Å². The van der Waals surface area contributed by atoms with E-state index in [0.29, 0.717) is 30.8 Å². The van der Waals surface area contributed by atoms with Crippen molar-refractivity contribution in [3.05, 3.63) is 43.5 Å². The molecule has 0 unspecified atom stereocenters. The van der Waals surface area contributed by atoms with Crippen LogP contribution in [0.15, 0.2) is 20.7 Å². The minimum atomic E-state index is -0.420. The molecule has 1 aliphatic rings. The Morgan fingerprint density at radius 2 is 1.93 bits per heavy atom. The highest BCUT2D eigenvalue weighted by Crippen LogP contribution is 2.20. The first kappa shape index (κ1) is 19.4. The lowest BCUT2D eigenvalue weighted by atomic mass is 9.99. The number of hydrogen-bond donors (Lipinski definition) is 1. The van der Waals surface area contributed by atoms with E-state index in [1.807, 2.05) is 6.92 Å². The Hall–Kier alpha value is -2.95. The fraction of sp³-hybridized carbons (Fsp3) is 0.611. The molecular formula is C18H26N8O3. The summed E-state index contributed by atoms with van der Waals surface area (Å²) in [5, 5.41) is 7.98. The summed E-state index contributed by atoms with van der Waals surface area (Å²) in [5.41, 5.74) is -0.289. The van der Waals surface area contributed by atoms with Gasteiger partial charge >= 0.3 is 11.4 Å². The smallest absolute Gasteiger partial charge is 0.323 e. The van der Waals surface area contributed by atoms with E-state index in [-0.39, 0.29) is 11.6 Å². The van der Waals surface area contributed by atoms with E-state index < -0.39 is 11.2 Å². The van der Waals surface area contributed by atoms with Crippen molar-refractivity contribution in [1.82, 2.24) is 38.3 Å². The molecule has 0 amide bonds. The molecule has 1 N–H and O–H groups in total. The van der Waals surface area contributed by atoms with Crippen LogP contribution in [0.3, 0.4) is 0 Å². The number of hydrogen-bond acceptors (Lipinski definition) is 6. The zero-order valence-electron chi connectivity index (χ0n) is 17.0. The van der Waals surface area contributed by atoms with Crippen molar-refractivity contribution >= 4 is 11.2 Å². The molecule has 11 heteroatoms. The number of rotatable bonds is 5. The third-order valence-electron chi connectivity index (χ3n) is 5.70. The molecule has 29 heavy (non-hydrogen) atoms. The van der Waals surface area contributed by atoms with Crippen molar-refractivity contribution in [2.75, 3.05) is 13.1 Å². The van der Waals surface area contributed by atoms with Crippen molar-refractivity contribution in [3.8, 4) is 0 Å². The SMILES string of the molecule is CCn1c([C@@H]2CCCNC2)nn(CCn2cnc3c2c(=O)n(C)c(=O)n3C)c1=O. The van der Waals surface area contributed by atoms with Crippen LogP contribution in [0.25, 0.3) is 11.2 Å². The summed E-state index contributed by atoms with van der Waals surface area (Å²) in [4.78, 5) is 41.7. The number of imidazole rings is 1. The summed E-state index contributed by atoms with van der Waals surface area (Å²) in [6.45, 7) is 5.01. The maximum absolute atomic E-state index is 12.8. The second-order valence-electron chi connectivity index (χ2n) is 7.47. The molecule has 0 radical (unpaired) electrons. The van der Waals surface area contributed by atoms with Crippen molar-refractivity contribution < 1.29 is 0 Å². The first-order chi connectivity index (χ1) is 13.9. The second kappa shape index (κ2) is 7.47. The number of piperidine rings is 1. The van der Waals surface area contributed by atoms with Gasteiger partial charge in [-0.1, -0.05) is 0 Å². The quantitative estimate of drug-likeness (QED) is 0.584. The van der Waals surface area contributed by atoms with E-state index in [1.54, 1.807) is 16.2 Å². The molecule has 0 aromatic carbocycles. The van der Waals surface area contributed by atoms with Crippen molar-refractivity contribution in [2.45, 2.75) is 45.3 Å². The van der Waals surface area contributed by atoms with Crippen LogP contribution in [-0.4, -0.2) is 46.1 Å². The Morgan fingerprint density at radius 1 is 1.14 bits per heavy atom. The number of aromatic nitrogens is 7. The first-order valence-corrected chi connectivity index (χ1v) is 9.93. The van der Waals surface area contributed by atoms with Crippen molar-refractivity contribution in [3.63, 3.8) is 0 Å². The third-order valence-corrected chi connectivity index (χ3v) is 5.70. The van der Waals surface area contributed by atoms with E-state index in [1.165, 1.54) is 22.6 Å². The molecule has 11 nitrogen and oxygen atoms in total. The van der Waals surface area contributed by atoms with Gasteiger partial charge in [-0.25, -0.2) is 19.3 Å². The number of fused-ring (bicyclic) bond motifs is 1. The summed E-state index contributed by atoms with van der Waals surface area (Å²) >= 11 is 0. The predicted molar refractivity (Wildman–Crippen MR) is 107 cm³/mol. The van der Waals surface area contributed by atoms with E-state index in [2.05, 4.69) is 15.4 Å². The molecule has 0 bridgehead atoms. The Kier molecular flexibility index (Phi) is 4.99. The zero-order chi connectivity index (χ0) is 20.7. The monoisotopic (exact) mass is 402 g/mol. The van der Waals surface area contributed by atoms with Gasteiger partial charge in [-0.15, -0.1) is 0 Å². The summed E-state index contributed by atoms with van der Waals surface area (Å²) in [6.07, 6.45) is 3.61. The van der Waals surface area contributed by atoms with Crippen LogP contribution in [-0.2, 0) is 33.7 Å². The average Bonchev–Trinajstić information content (AvgIpc) is 3.30. The van der Waals surface area contributed by atoms with Gasteiger partial charge in [0.05, 0.1) is 12.9 Å². The minimum Gasteiger partial charge on any atom is -0.323 e. The molecule has 4 rings (SSSR count). The van der Waals surface area contributed by atoms with Gasteiger partial charge in [0.1, 0.15) is 5.82 Å². The van der Waals surface area contributed by atoms with Gasteiger partial charge < -0.3 is 9.88 Å². The highest BCUT2D eigenvalue weighted by molar-refractivity contribution is 5.69. The molecule has 4 heterocycles. The van der Waals surface area contributed by atoms with Crippen LogP contribution in [0.4, 0.5) is 0 Å². The van der Waals surface area contributed by atoms with Gasteiger partial charge in [-0.05, 0) is 26.3 Å². The van der Waals surface area contributed by atoms with Gasteiger partial charge in [-0.3, -0.25) is 18.5 Å². The summed E-state index contributed by atoms with van der Waals surface area (Å²) in [5.74, 6) is 1.05. The molecule has 1 fully saturated rings. The predicted octanol–water partition coefficient (Wildman–Crippen LogP) is -1.02. The summed E-state index contributed by atoms with van der Waals surface area (Å²) < 4.78 is 7.28. The molecule has 3 aromatic rings. The molecule has 0 saturated carbocycles. The van der Waals surface area contributed by atoms with E-state index in [4.69, 9.17) is 0 Å². The lowest BCUT2D eigenvalue weighted by Gasteiger charge is -2.21. The maximum Gasteiger partial charge on any atom is 0.345 e. The molecular weight excluding hydrogens is 376 g/mol. The topological polar surface area (TPSA) is 114 Å². The Morgan fingerprint density at radius 3 is 2.62 bits per heavy atom. The summed E-state index contributed by atoms with van der Waals surface area (Å²) in [7, 11) is 3.03. The standard InChI is InChI=1S/C18H26N8O3/c1-4-25-14(12-6-5-7-19-10-12)21-26(18(25)29)9-8-24-11-20-15-13(24)16(27)23(3)17(28)22(15)2/h11-12,19H,4-10H2,1-3H3/t12-/m1/s1. The van der Waals surface area contributed by atoms with E-state index in [0.717, 1.165) is 36.3 Å². The van der Waals surface area contributed by atoms with Crippen LogP contribution in [0.2, 0.25) is 0 Å². The molecule has 0 aliphatic carbocycles. The zero-order valence-corrected chi connectivity index (χ0v) is 17.0. The Labute approximate surface area is 166 Å². The molecule has 3 aromatic heterocycles. The highest BCUT2D eigenvalue weighted by Gasteiger charge is 2.23. The lowest BCUT2D eigenvalue weighted by molar-refractivity contribution is 0.430. The molecule has 1 aliphatic heterocycles. The van der Waals surface area contributed by atoms with Gasteiger partial charge in [0.25, 0.3) is 5.56 Å². The van der Waals surface area contributed by atoms with E-state index in [9.17, 15) is 14.4 Å². The average molecular weight is 402 g/mol. The highest BCUT2D eigenvalue weighted by atomic mass is 16.2. The van der Waals surface area contributed by atoms with Crippen LogP contribution < -0.4 is 22.3 Å². The van der Waals surface area contributed by atoms with Crippen LogP contribution >= 0.6 is 0 Å². The van der Waals surface area contributed by atoms with Crippen LogP contribution in [0.1, 0.15) is 31.5 Å². The number of nitrogens with zero attached hydrogens (tertiary/aromatic N) is 7. The molecule has 1 saturated heterocycles. The van der Waals surface area contributed by atoms with Crippen molar-refractivity contribution in [1.29, 1.82) is 0 Å².